The van der Waals surface area contributed by atoms with Crippen LogP contribution in [0.25, 0.3) is 0 Å². The highest BCUT2D eigenvalue weighted by atomic mass is 32.2. The third-order valence-corrected chi connectivity index (χ3v) is 1.41. The Morgan fingerprint density at radius 3 is 3.11 bits per heavy atom. The van der Waals surface area contributed by atoms with Crippen molar-refractivity contribution in [3.05, 3.63) is 18.0 Å². The monoisotopic (exact) mass is 145 g/mol. The molecule has 4 nitrogen and oxygen atoms in total. The first-order valence-electron chi connectivity index (χ1n) is 2.32. The summed E-state index contributed by atoms with van der Waals surface area (Å²) in [6.45, 7) is 0. The molecule has 1 atom stereocenters. The maximum absolute atomic E-state index is 10.0. The lowest BCUT2D eigenvalue weighted by molar-refractivity contribution is 0.536. The van der Waals surface area contributed by atoms with Crippen molar-refractivity contribution >= 4 is 11.1 Å². The van der Waals surface area contributed by atoms with Crippen molar-refractivity contribution in [2.75, 3.05) is 0 Å². The van der Waals surface area contributed by atoms with Gasteiger partial charge >= 0.3 is 0 Å². The van der Waals surface area contributed by atoms with E-state index in [1.807, 2.05) is 0 Å². The molecule has 5 heteroatoms. The molecule has 0 spiro atoms. The van der Waals surface area contributed by atoms with Crippen molar-refractivity contribution in [2.45, 2.75) is 5.75 Å². The lowest BCUT2D eigenvalue weighted by Crippen LogP contribution is -1.90. The Hall–Kier alpha value is -0.680. The quantitative estimate of drug-likeness (QED) is 0.585. The summed E-state index contributed by atoms with van der Waals surface area (Å²) in [5, 5.41) is 6.09. The molecule has 0 radical (unpaired) electrons. The van der Waals surface area contributed by atoms with Crippen molar-refractivity contribution in [3.8, 4) is 0 Å². The van der Waals surface area contributed by atoms with E-state index in [4.69, 9.17) is 0 Å². The smallest absolute Gasteiger partial charge is 0.0528 e. The average molecular weight is 145 g/mol. The summed E-state index contributed by atoms with van der Waals surface area (Å²) in [5.41, 5.74) is 0.684. The van der Waals surface area contributed by atoms with Crippen LogP contribution in [0.4, 0.5) is 0 Å². The summed E-state index contributed by atoms with van der Waals surface area (Å²) in [5.74, 6) is 0.0382. The van der Waals surface area contributed by atoms with Crippen LogP contribution in [0.3, 0.4) is 0 Å². The van der Waals surface area contributed by atoms with Gasteiger partial charge in [0.05, 0.1) is 6.20 Å². The van der Waals surface area contributed by atoms with Gasteiger partial charge in [-0.25, -0.2) is 0 Å². The van der Waals surface area contributed by atoms with Crippen molar-refractivity contribution in [2.24, 2.45) is 0 Å². The lowest BCUT2D eigenvalue weighted by atomic mass is 10.4. The predicted molar refractivity (Wildman–Crippen MR) is 31.2 cm³/mol. The van der Waals surface area contributed by atoms with Crippen LogP contribution >= 0.6 is 0 Å². The summed E-state index contributed by atoms with van der Waals surface area (Å²) in [4.78, 5) is 0. The van der Waals surface area contributed by atoms with Crippen LogP contribution in [0.1, 0.15) is 5.56 Å². The fraction of sp³-hybridized carbons (Fsp3) is 0.250. The van der Waals surface area contributed by atoms with Crippen LogP contribution in [0.2, 0.25) is 0 Å². The fourth-order valence-electron chi connectivity index (χ4n) is 0.493. The summed E-state index contributed by atoms with van der Waals surface area (Å²) in [6, 6.07) is 0. The number of rotatable bonds is 2. The molecule has 0 saturated carbocycles. The Balaban J connectivity index is 2.58. The Morgan fingerprint density at radius 1 is 1.89 bits per heavy atom. The molecule has 0 fully saturated rings. The van der Waals surface area contributed by atoms with Crippen LogP contribution in [0.5, 0.6) is 0 Å². The van der Waals surface area contributed by atoms with Crippen molar-refractivity contribution in [3.63, 3.8) is 0 Å². The Bertz CT molecular complexity index is 196. The highest BCUT2D eigenvalue weighted by molar-refractivity contribution is 7.78. The topological polar surface area (TPSA) is 68.8 Å². The molecule has 1 heterocycles. The van der Waals surface area contributed by atoms with Crippen LogP contribution < -0.4 is 0 Å². The van der Waals surface area contributed by atoms with Crippen LogP contribution in [0, 0.1) is 0 Å². The van der Waals surface area contributed by atoms with Gasteiger partial charge < -0.3 is 4.55 Å². The third-order valence-electron chi connectivity index (χ3n) is 0.839. The zero-order valence-electron chi connectivity index (χ0n) is 4.53. The maximum Gasteiger partial charge on any atom is 0.0528 e. The van der Waals surface area contributed by atoms with E-state index in [1.54, 1.807) is 6.20 Å². The summed E-state index contributed by atoms with van der Waals surface area (Å²) in [6.07, 6.45) is 3.03. The minimum absolute atomic E-state index is 0.0382. The van der Waals surface area contributed by atoms with Crippen LogP contribution in [-0.2, 0) is 16.8 Å². The molecule has 1 N–H and O–H groups in total. The van der Waals surface area contributed by atoms with Gasteiger partial charge in [0.25, 0.3) is 0 Å². The van der Waals surface area contributed by atoms with Crippen molar-refractivity contribution in [1.29, 1.82) is 0 Å². The Labute approximate surface area is 54.6 Å². The number of nitrogens with zero attached hydrogens (tertiary/aromatic N) is 1. The minimum atomic E-state index is -2.00. The molecule has 0 bridgehead atoms. The molecule has 0 aliphatic rings. The molecule has 1 aromatic heterocycles. The molecule has 9 heavy (non-hydrogen) atoms. The summed E-state index contributed by atoms with van der Waals surface area (Å²) >= 11 is -2.00. The first-order chi connectivity index (χ1) is 4.29. The molecule has 0 aromatic carbocycles. The summed E-state index contributed by atoms with van der Waals surface area (Å²) in [7, 11) is 0. The largest absolute Gasteiger partial charge is 0.772 e. The van der Waals surface area contributed by atoms with Gasteiger partial charge in [-0.05, 0) is 0 Å². The second-order valence-electron chi connectivity index (χ2n) is 1.55. The molecule has 0 amide bonds. The normalized spacial score (nSPS) is 13.4. The molecule has 0 aliphatic heterocycles. The molecular weight excluding hydrogens is 140 g/mol. The minimum Gasteiger partial charge on any atom is -0.772 e. The van der Waals surface area contributed by atoms with E-state index in [0.717, 1.165) is 0 Å². The zero-order chi connectivity index (χ0) is 6.69. The van der Waals surface area contributed by atoms with E-state index in [9.17, 15) is 8.76 Å². The van der Waals surface area contributed by atoms with Gasteiger partial charge in [-0.3, -0.25) is 9.31 Å². The van der Waals surface area contributed by atoms with Gasteiger partial charge in [0.2, 0.25) is 0 Å². The van der Waals surface area contributed by atoms with Crippen LogP contribution in [-0.4, -0.2) is 19.0 Å². The maximum atomic E-state index is 10.0. The van der Waals surface area contributed by atoms with E-state index in [2.05, 4.69) is 10.2 Å². The predicted octanol–water partition coefficient (Wildman–Crippen LogP) is -0.211. The van der Waals surface area contributed by atoms with Gasteiger partial charge in [-0.1, -0.05) is 11.1 Å². The molecule has 0 saturated heterocycles. The highest BCUT2D eigenvalue weighted by Crippen LogP contribution is 1.95. The van der Waals surface area contributed by atoms with Gasteiger partial charge in [-0.15, -0.1) is 0 Å². The fourth-order valence-corrected chi connectivity index (χ4v) is 0.923. The first-order valence-corrected chi connectivity index (χ1v) is 3.57. The average Bonchev–Trinajstić information content (AvgIpc) is 2.15. The van der Waals surface area contributed by atoms with Gasteiger partial charge in [0, 0.05) is 17.5 Å². The van der Waals surface area contributed by atoms with Gasteiger partial charge in [-0.2, -0.15) is 5.10 Å². The lowest BCUT2D eigenvalue weighted by Gasteiger charge is -1.99. The molecular formula is C4H5N2O2S-. The number of aromatic amines is 1. The first kappa shape index (κ1) is 6.44. The Morgan fingerprint density at radius 2 is 2.67 bits per heavy atom. The van der Waals surface area contributed by atoms with E-state index < -0.39 is 11.1 Å². The highest BCUT2D eigenvalue weighted by Gasteiger charge is 1.90. The van der Waals surface area contributed by atoms with Crippen molar-refractivity contribution < 1.29 is 8.76 Å². The standard InChI is InChI=1S/C4H6N2O2S/c7-9(8)3-4-1-5-6-2-4/h1-2H,3H2,(H,5,6)(H,7,8)/p-1. The zero-order valence-corrected chi connectivity index (χ0v) is 5.35. The molecule has 50 valence electrons. The third kappa shape index (κ3) is 1.95. The number of nitrogens with one attached hydrogen (secondary N) is 1. The molecule has 1 rings (SSSR count). The van der Waals surface area contributed by atoms with E-state index in [-0.39, 0.29) is 5.75 Å². The van der Waals surface area contributed by atoms with E-state index in [1.165, 1.54) is 6.20 Å². The molecule has 1 unspecified atom stereocenters. The summed E-state index contributed by atoms with van der Waals surface area (Å²) < 4.78 is 20.0. The number of aromatic nitrogens is 2. The van der Waals surface area contributed by atoms with Crippen molar-refractivity contribution in [1.82, 2.24) is 10.2 Å². The van der Waals surface area contributed by atoms with Gasteiger partial charge in [0.1, 0.15) is 0 Å². The number of hydrogen-bond donors (Lipinski definition) is 1. The Kier molecular flexibility index (Phi) is 1.96. The van der Waals surface area contributed by atoms with Crippen LogP contribution in [0.15, 0.2) is 12.4 Å². The SMILES string of the molecule is O=S([O-])Cc1cn[nH]c1. The van der Waals surface area contributed by atoms with E-state index >= 15 is 0 Å². The number of hydrogen-bond acceptors (Lipinski definition) is 3. The molecule has 1 aromatic rings. The second kappa shape index (κ2) is 2.75. The van der Waals surface area contributed by atoms with E-state index in [0.29, 0.717) is 5.56 Å². The second-order valence-corrected chi connectivity index (χ2v) is 2.45. The molecule has 0 aliphatic carbocycles. The van der Waals surface area contributed by atoms with Gasteiger partial charge in [0.15, 0.2) is 0 Å². The number of H-pyrrole nitrogens is 1.